The number of carboxylic acids is 1. The van der Waals surface area contributed by atoms with Crippen LogP contribution in [0.25, 0.3) is 0 Å². The Morgan fingerprint density at radius 1 is 0.939 bits per heavy atom. The fourth-order valence-corrected chi connectivity index (χ4v) is 11.2. The lowest BCUT2D eigenvalue weighted by Crippen LogP contribution is -2.57. The maximum absolute atomic E-state index is 11.2. The summed E-state index contributed by atoms with van der Waals surface area (Å²) in [5.41, 5.74) is 2.48. The summed E-state index contributed by atoms with van der Waals surface area (Å²) in [6.07, 6.45) is 15.7. The van der Waals surface area contributed by atoms with E-state index in [1.807, 2.05) is 6.08 Å². The molecule has 0 aromatic heterocycles. The van der Waals surface area contributed by atoms with E-state index >= 15 is 0 Å². The maximum atomic E-state index is 11.2. The van der Waals surface area contributed by atoms with Crippen molar-refractivity contribution in [1.29, 1.82) is 0 Å². The van der Waals surface area contributed by atoms with Crippen LogP contribution in [-0.4, -0.2) is 22.3 Å². The molecule has 5 aliphatic carbocycles. The molecule has 0 heterocycles. The van der Waals surface area contributed by atoms with Gasteiger partial charge in [0.15, 0.2) is 0 Å². The number of carboxylic acid groups (broad SMARTS) is 1. The predicted molar refractivity (Wildman–Crippen MR) is 133 cm³/mol. The van der Waals surface area contributed by atoms with Crippen LogP contribution in [0.15, 0.2) is 11.6 Å². The van der Waals surface area contributed by atoms with E-state index in [2.05, 4.69) is 34.6 Å². The molecule has 0 aliphatic heterocycles. The van der Waals surface area contributed by atoms with Gasteiger partial charge in [-0.25, -0.2) is 4.79 Å². The van der Waals surface area contributed by atoms with Gasteiger partial charge in [0.1, 0.15) is 0 Å². The molecule has 0 saturated heterocycles. The van der Waals surface area contributed by atoms with Gasteiger partial charge in [0, 0.05) is 5.57 Å². The number of aliphatic hydroxyl groups excluding tert-OH is 1. The second kappa shape index (κ2) is 7.34. The molecule has 2 unspecified atom stereocenters. The van der Waals surface area contributed by atoms with Gasteiger partial charge in [-0.2, -0.15) is 0 Å². The number of fused-ring (bicyclic) bond motifs is 2. The van der Waals surface area contributed by atoms with Crippen molar-refractivity contribution in [3.8, 4) is 0 Å². The topological polar surface area (TPSA) is 57.5 Å². The van der Waals surface area contributed by atoms with Crippen LogP contribution in [0.1, 0.15) is 112 Å². The molecular weight excluding hydrogens is 408 g/mol. The molecular formula is C30H48O3. The van der Waals surface area contributed by atoms with Crippen molar-refractivity contribution in [3.05, 3.63) is 11.6 Å². The van der Waals surface area contributed by atoms with Crippen LogP contribution in [0.5, 0.6) is 0 Å². The average Bonchev–Trinajstić information content (AvgIpc) is 3.33. The van der Waals surface area contributed by atoms with E-state index in [1.54, 1.807) is 6.92 Å². The third-order valence-electron chi connectivity index (χ3n) is 13.3. The normalized spacial score (nSPS) is 51.1. The molecule has 0 amide bonds. The molecule has 33 heavy (non-hydrogen) atoms. The van der Waals surface area contributed by atoms with E-state index in [0.717, 1.165) is 31.1 Å². The van der Waals surface area contributed by atoms with Crippen molar-refractivity contribution in [2.24, 2.45) is 50.7 Å². The van der Waals surface area contributed by atoms with Crippen molar-refractivity contribution in [1.82, 2.24) is 0 Å². The summed E-state index contributed by atoms with van der Waals surface area (Å²) < 4.78 is 0. The maximum Gasteiger partial charge on any atom is 0.330 e. The smallest absolute Gasteiger partial charge is 0.330 e. The molecule has 2 N–H and O–H groups in total. The van der Waals surface area contributed by atoms with E-state index < -0.39 is 5.97 Å². The lowest BCUT2D eigenvalue weighted by atomic mass is 9.41. The van der Waals surface area contributed by atoms with Crippen molar-refractivity contribution in [2.45, 2.75) is 118 Å². The zero-order chi connectivity index (χ0) is 24.0. The first-order chi connectivity index (χ1) is 15.4. The highest BCUT2D eigenvalue weighted by Gasteiger charge is 2.82. The van der Waals surface area contributed by atoms with Crippen molar-refractivity contribution < 1.29 is 15.0 Å². The first-order valence-electron chi connectivity index (χ1n) is 13.9. The lowest BCUT2D eigenvalue weighted by Gasteiger charge is -2.63. The molecule has 2 spiro atoms. The molecule has 0 aromatic carbocycles. The quantitative estimate of drug-likeness (QED) is 0.429. The zero-order valence-electron chi connectivity index (χ0n) is 22.0. The molecule has 5 rings (SSSR count). The molecule has 0 radical (unpaired) electrons. The van der Waals surface area contributed by atoms with Crippen molar-refractivity contribution >= 4 is 5.97 Å². The monoisotopic (exact) mass is 456 g/mol. The van der Waals surface area contributed by atoms with Gasteiger partial charge in [0.05, 0.1) is 6.10 Å². The summed E-state index contributed by atoms with van der Waals surface area (Å²) in [5, 5.41) is 20.0. The van der Waals surface area contributed by atoms with Gasteiger partial charge < -0.3 is 10.2 Å². The molecule has 3 heteroatoms. The Morgan fingerprint density at radius 3 is 2.30 bits per heavy atom. The van der Waals surface area contributed by atoms with Crippen LogP contribution in [0, 0.1) is 50.7 Å². The van der Waals surface area contributed by atoms with Crippen LogP contribution in [0.2, 0.25) is 0 Å². The van der Waals surface area contributed by atoms with Gasteiger partial charge in [0.2, 0.25) is 0 Å². The first kappa shape index (κ1) is 23.9. The fraction of sp³-hybridized carbons (Fsp3) is 0.900. The van der Waals surface area contributed by atoms with E-state index in [9.17, 15) is 15.0 Å². The molecule has 5 aliphatic rings. The highest BCUT2D eigenvalue weighted by Crippen LogP contribution is 2.89. The number of rotatable bonds is 5. The van der Waals surface area contributed by atoms with Gasteiger partial charge in [-0.15, -0.1) is 0 Å². The van der Waals surface area contributed by atoms with Crippen LogP contribution in [0.3, 0.4) is 0 Å². The average molecular weight is 457 g/mol. The fourth-order valence-electron chi connectivity index (χ4n) is 11.2. The van der Waals surface area contributed by atoms with Gasteiger partial charge in [-0.3, -0.25) is 0 Å². The van der Waals surface area contributed by atoms with Gasteiger partial charge in [0.25, 0.3) is 0 Å². The summed E-state index contributed by atoms with van der Waals surface area (Å²) in [7, 11) is 0. The van der Waals surface area contributed by atoms with Gasteiger partial charge in [-0.05, 0) is 128 Å². The third kappa shape index (κ3) is 2.93. The summed E-state index contributed by atoms with van der Waals surface area (Å²) >= 11 is 0. The van der Waals surface area contributed by atoms with Crippen molar-refractivity contribution in [2.75, 3.05) is 0 Å². The Kier molecular flexibility index (Phi) is 5.31. The van der Waals surface area contributed by atoms with E-state index in [0.29, 0.717) is 39.1 Å². The number of aliphatic carboxylic acids is 1. The van der Waals surface area contributed by atoms with Crippen LogP contribution in [-0.2, 0) is 4.79 Å². The van der Waals surface area contributed by atoms with Crippen molar-refractivity contribution in [3.63, 3.8) is 0 Å². The molecule has 0 aromatic rings. The zero-order valence-corrected chi connectivity index (χ0v) is 22.0. The minimum absolute atomic E-state index is 0.0721. The largest absolute Gasteiger partial charge is 0.478 e. The first-order valence-corrected chi connectivity index (χ1v) is 13.9. The number of aliphatic hydroxyl groups is 1. The van der Waals surface area contributed by atoms with E-state index in [-0.39, 0.29) is 11.5 Å². The molecule has 0 bridgehead atoms. The Labute approximate surface area is 201 Å². The highest BCUT2D eigenvalue weighted by molar-refractivity contribution is 5.85. The summed E-state index contributed by atoms with van der Waals surface area (Å²) in [6.45, 7) is 14.2. The minimum atomic E-state index is -0.784. The number of hydrogen-bond acceptors (Lipinski definition) is 2. The minimum Gasteiger partial charge on any atom is -0.478 e. The summed E-state index contributed by atoms with van der Waals surface area (Å²) in [5.74, 6) is 2.19. The van der Waals surface area contributed by atoms with E-state index in [1.165, 1.54) is 51.4 Å². The van der Waals surface area contributed by atoms with Crippen LogP contribution < -0.4 is 0 Å². The molecule has 5 saturated carbocycles. The van der Waals surface area contributed by atoms with Crippen LogP contribution in [0.4, 0.5) is 0 Å². The van der Waals surface area contributed by atoms with Gasteiger partial charge in [-0.1, -0.05) is 40.7 Å². The lowest BCUT2D eigenvalue weighted by molar-refractivity contribution is -0.161. The third-order valence-corrected chi connectivity index (χ3v) is 13.3. The second-order valence-electron chi connectivity index (χ2n) is 14.3. The Morgan fingerprint density at radius 2 is 1.61 bits per heavy atom. The number of hydrogen-bond donors (Lipinski definition) is 2. The Bertz CT molecular complexity index is 859. The number of carbonyl (C=O) groups is 1. The predicted octanol–water partition coefficient (Wildman–Crippen LogP) is 7.23. The molecule has 9 atom stereocenters. The van der Waals surface area contributed by atoms with Crippen LogP contribution >= 0.6 is 0 Å². The number of allylic oxidation sites excluding steroid dienone is 1. The molecule has 5 fully saturated rings. The molecule has 3 nitrogen and oxygen atoms in total. The SMILES string of the molecule is CC(=CCC[C@@H](C)C1CC[C@@]2(C)[C@@H]3CC[C@H]4C(C)(C)[C@@H](O)CC[C@@]45CC35CC[C@]12C)C(=O)O. The highest BCUT2D eigenvalue weighted by atomic mass is 16.4. The van der Waals surface area contributed by atoms with E-state index in [4.69, 9.17) is 0 Å². The Hall–Kier alpha value is -0.830. The standard InChI is InChI=1S/C30H48O3/c1-19(8-7-9-20(2)25(32)33)21-12-14-28(6)23-11-10-22-26(3,4)24(31)13-15-29(22)18-30(23,29)17-16-27(21,28)5/h9,19,21-24,31H,7-8,10-18H2,1-6H3,(H,32,33)/t19-,21?,22+,23+,24+,27-,28+,29-,30?/m1/s1. The Balaban J connectivity index is 1.37. The summed E-state index contributed by atoms with van der Waals surface area (Å²) in [6, 6.07) is 0. The summed E-state index contributed by atoms with van der Waals surface area (Å²) in [4.78, 5) is 11.2. The van der Waals surface area contributed by atoms with Gasteiger partial charge >= 0.3 is 5.97 Å². The second-order valence-corrected chi connectivity index (χ2v) is 14.3. The molecule has 186 valence electrons.